The van der Waals surface area contributed by atoms with Crippen molar-refractivity contribution in [3.05, 3.63) is 88.7 Å². The van der Waals surface area contributed by atoms with Crippen LogP contribution >= 0.6 is 0 Å². The lowest BCUT2D eigenvalue weighted by atomic mass is 9.95. The summed E-state index contributed by atoms with van der Waals surface area (Å²) in [7, 11) is 3.00. The highest BCUT2D eigenvalue weighted by Crippen LogP contribution is 2.38. The number of rotatable bonds is 7. The van der Waals surface area contributed by atoms with Crippen LogP contribution in [-0.4, -0.2) is 14.2 Å². The SMILES string of the molecule is COc1cc(C(NC(C)c2ccc(F)c(F)c2)c2ccc(F)cc2)cc(N)c1OC. The molecule has 0 aliphatic heterocycles. The number of hydrogen-bond acceptors (Lipinski definition) is 4. The number of ether oxygens (including phenoxy) is 2. The van der Waals surface area contributed by atoms with Crippen molar-refractivity contribution in [1.82, 2.24) is 5.32 Å². The predicted octanol–water partition coefficient (Wildman–Crippen LogP) is 5.14. The Morgan fingerprint density at radius 3 is 2.07 bits per heavy atom. The van der Waals surface area contributed by atoms with E-state index in [-0.39, 0.29) is 11.9 Å². The van der Waals surface area contributed by atoms with Gasteiger partial charge in [0.2, 0.25) is 0 Å². The van der Waals surface area contributed by atoms with Gasteiger partial charge in [0.1, 0.15) is 5.82 Å². The van der Waals surface area contributed by atoms with Gasteiger partial charge in [0.05, 0.1) is 25.9 Å². The Hall–Kier alpha value is -3.19. The fourth-order valence-corrected chi connectivity index (χ4v) is 3.35. The van der Waals surface area contributed by atoms with Gasteiger partial charge in [0.25, 0.3) is 0 Å². The van der Waals surface area contributed by atoms with E-state index in [9.17, 15) is 13.2 Å². The minimum absolute atomic E-state index is 0.357. The zero-order valence-corrected chi connectivity index (χ0v) is 16.9. The maximum atomic E-state index is 13.7. The minimum atomic E-state index is -0.921. The third kappa shape index (κ3) is 4.52. The lowest BCUT2D eigenvalue weighted by molar-refractivity contribution is 0.355. The molecular formula is C23H23F3N2O2. The molecule has 2 atom stereocenters. The third-order valence-corrected chi connectivity index (χ3v) is 4.93. The molecule has 3 aromatic rings. The molecule has 3 aromatic carbocycles. The maximum Gasteiger partial charge on any atom is 0.183 e. The molecule has 3 rings (SSSR count). The van der Waals surface area contributed by atoms with Gasteiger partial charge in [-0.2, -0.15) is 0 Å². The second-order valence-electron chi connectivity index (χ2n) is 6.89. The number of nitrogen functional groups attached to an aromatic ring is 1. The van der Waals surface area contributed by atoms with E-state index in [1.54, 1.807) is 24.3 Å². The standard InChI is InChI=1S/C23H23F3N2O2/c1-13(15-6-9-18(25)19(26)10-15)28-22(14-4-7-17(24)8-5-14)16-11-20(27)23(30-3)21(12-16)29-2/h4-13,22,28H,27H2,1-3H3. The van der Waals surface area contributed by atoms with Crippen molar-refractivity contribution in [2.24, 2.45) is 0 Å². The van der Waals surface area contributed by atoms with Crippen LogP contribution in [0.25, 0.3) is 0 Å². The smallest absolute Gasteiger partial charge is 0.183 e. The third-order valence-electron chi connectivity index (χ3n) is 4.93. The zero-order chi connectivity index (χ0) is 21.8. The molecule has 0 saturated heterocycles. The Morgan fingerprint density at radius 2 is 1.47 bits per heavy atom. The molecule has 158 valence electrons. The van der Waals surface area contributed by atoms with Crippen LogP contribution in [0.4, 0.5) is 18.9 Å². The Morgan fingerprint density at radius 1 is 0.800 bits per heavy atom. The van der Waals surface area contributed by atoms with Crippen molar-refractivity contribution in [2.45, 2.75) is 19.0 Å². The van der Waals surface area contributed by atoms with Gasteiger partial charge in [-0.05, 0) is 60.0 Å². The van der Waals surface area contributed by atoms with Gasteiger partial charge in [0, 0.05) is 6.04 Å². The summed E-state index contributed by atoms with van der Waals surface area (Å²) in [6, 6.07) is 12.5. The van der Waals surface area contributed by atoms with E-state index >= 15 is 0 Å². The summed E-state index contributed by atoms with van der Waals surface area (Å²) in [5.41, 5.74) is 8.59. The molecule has 0 spiro atoms. The Kier molecular flexibility index (Phi) is 6.52. The molecule has 0 fully saturated rings. The summed E-state index contributed by atoms with van der Waals surface area (Å²) >= 11 is 0. The molecule has 4 nitrogen and oxygen atoms in total. The van der Waals surface area contributed by atoms with E-state index in [1.165, 1.54) is 32.4 Å². The average Bonchev–Trinajstić information content (AvgIpc) is 2.73. The summed E-state index contributed by atoms with van der Waals surface area (Å²) in [6.45, 7) is 1.83. The second-order valence-corrected chi connectivity index (χ2v) is 6.89. The number of hydrogen-bond donors (Lipinski definition) is 2. The first-order chi connectivity index (χ1) is 14.3. The fraction of sp³-hybridized carbons (Fsp3) is 0.217. The molecule has 7 heteroatoms. The van der Waals surface area contributed by atoms with Gasteiger partial charge in [-0.25, -0.2) is 13.2 Å². The van der Waals surface area contributed by atoms with E-state index in [1.807, 2.05) is 6.92 Å². The molecule has 2 unspecified atom stereocenters. The maximum absolute atomic E-state index is 13.7. The molecule has 0 radical (unpaired) electrons. The van der Waals surface area contributed by atoms with Crippen LogP contribution < -0.4 is 20.5 Å². The first-order valence-electron chi connectivity index (χ1n) is 9.32. The van der Waals surface area contributed by atoms with Crippen LogP contribution in [0.5, 0.6) is 11.5 Å². The van der Waals surface area contributed by atoms with Gasteiger partial charge in [0.15, 0.2) is 23.1 Å². The van der Waals surface area contributed by atoms with Crippen molar-refractivity contribution < 1.29 is 22.6 Å². The Balaban J connectivity index is 2.04. The second kappa shape index (κ2) is 9.09. The van der Waals surface area contributed by atoms with Gasteiger partial charge in [-0.15, -0.1) is 0 Å². The van der Waals surface area contributed by atoms with Crippen molar-refractivity contribution in [3.8, 4) is 11.5 Å². The van der Waals surface area contributed by atoms with Crippen LogP contribution in [0.2, 0.25) is 0 Å². The number of benzene rings is 3. The van der Waals surface area contributed by atoms with Gasteiger partial charge >= 0.3 is 0 Å². The fourth-order valence-electron chi connectivity index (χ4n) is 3.35. The Bertz CT molecular complexity index is 1030. The van der Waals surface area contributed by atoms with Crippen LogP contribution in [-0.2, 0) is 0 Å². The molecule has 0 amide bonds. The van der Waals surface area contributed by atoms with Crippen molar-refractivity contribution >= 4 is 5.69 Å². The molecule has 0 aromatic heterocycles. The molecule has 30 heavy (non-hydrogen) atoms. The first kappa shape index (κ1) is 21.5. The van der Waals surface area contributed by atoms with Crippen LogP contribution in [0.15, 0.2) is 54.6 Å². The van der Waals surface area contributed by atoms with E-state index in [4.69, 9.17) is 15.2 Å². The molecular weight excluding hydrogens is 393 g/mol. The molecule has 0 bridgehead atoms. The highest BCUT2D eigenvalue weighted by atomic mass is 19.2. The monoisotopic (exact) mass is 416 g/mol. The summed E-state index contributed by atoms with van der Waals surface area (Å²) in [5, 5.41) is 3.38. The number of anilines is 1. The Labute approximate surface area is 173 Å². The van der Waals surface area contributed by atoms with E-state index in [2.05, 4.69) is 5.32 Å². The molecule has 0 aliphatic carbocycles. The summed E-state index contributed by atoms with van der Waals surface area (Å²) in [4.78, 5) is 0. The normalized spacial score (nSPS) is 13.0. The van der Waals surface area contributed by atoms with E-state index in [0.717, 1.165) is 23.3 Å². The predicted molar refractivity (Wildman–Crippen MR) is 110 cm³/mol. The van der Waals surface area contributed by atoms with Crippen molar-refractivity contribution in [2.75, 3.05) is 20.0 Å². The summed E-state index contributed by atoms with van der Waals surface area (Å²) in [6.07, 6.45) is 0. The topological polar surface area (TPSA) is 56.5 Å². The lowest BCUT2D eigenvalue weighted by Gasteiger charge is -2.26. The summed E-state index contributed by atoms with van der Waals surface area (Å²) in [5.74, 6) is -1.34. The van der Waals surface area contributed by atoms with Gasteiger partial charge in [-0.1, -0.05) is 18.2 Å². The van der Waals surface area contributed by atoms with Crippen molar-refractivity contribution in [1.29, 1.82) is 0 Å². The van der Waals surface area contributed by atoms with Gasteiger partial charge in [-0.3, -0.25) is 5.32 Å². The zero-order valence-electron chi connectivity index (χ0n) is 16.9. The molecule has 0 heterocycles. The van der Waals surface area contributed by atoms with E-state index in [0.29, 0.717) is 22.7 Å². The summed E-state index contributed by atoms with van der Waals surface area (Å²) < 4.78 is 51.2. The lowest BCUT2D eigenvalue weighted by Crippen LogP contribution is -2.26. The average molecular weight is 416 g/mol. The van der Waals surface area contributed by atoms with Gasteiger partial charge < -0.3 is 15.2 Å². The van der Waals surface area contributed by atoms with Crippen molar-refractivity contribution in [3.63, 3.8) is 0 Å². The highest BCUT2D eigenvalue weighted by Gasteiger charge is 2.22. The van der Waals surface area contributed by atoms with Crippen LogP contribution in [0, 0.1) is 17.5 Å². The number of methoxy groups -OCH3 is 2. The first-order valence-corrected chi connectivity index (χ1v) is 9.32. The highest BCUT2D eigenvalue weighted by molar-refractivity contribution is 5.63. The number of halogens is 3. The largest absolute Gasteiger partial charge is 0.493 e. The molecule has 0 saturated carbocycles. The molecule has 3 N–H and O–H groups in total. The quantitative estimate of drug-likeness (QED) is 0.524. The number of nitrogens with one attached hydrogen (secondary N) is 1. The number of nitrogens with two attached hydrogens (primary N) is 1. The van der Waals surface area contributed by atoms with E-state index < -0.39 is 17.7 Å². The van der Waals surface area contributed by atoms with Crippen LogP contribution in [0.3, 0.4) is 0 Å². The van der Waals surface area contributed by atoms with Crippen LogP contribution in [0.1, 0.15) is 35.7 Å². The molecule has 0 aliphatic rings. The minimum Gasteiger partial charge on any atom is -0.493 e.